The maximum atomic E-state index is 5.39. The summed E-state index contributed by atoms with van der Waals surface area (Å²) in [5.41, 5.74) is 2.78. The molecule has 1 atom stereocenters. The van der Waals surface area contributed by atoms with Crippen molar-refractivity contribution in [2.24, 2.45) is 0 Å². The van der Waals surface area contributed by atoms with Gasteiger partial charge in [0.05, 0.1) is 0 Å². The predicted octanol–water partition coefficient (Wildman–Crippen LogP) is 4.96. The van der Waals surface area contributed by atoms with Crippen LogP contribution in [0.1, 0.15) is 38.3 Å². The van der Waals surface area contributed by atoms with Gasteiger partial charge < -0.3 is 4.74 Å². The molecule has 0 aliphatic heterocycles. The van der Waals surface area contributed by atoms with E-state index in [0.717, 1.165) is 13.0 Å². The fourth-order valence-corrected chi connectivity index (χ4v) is 3.10. The molecule has 0 saturated carbocycles. The topological polar surface area (TPSA) is 9.23 Å². The Balaban J connectivity index is 2.49. The summed E-state index contributed by atoms with van der Waals surface area (Å²) in [6.45, 7) is 7.80. The largest absolute Gasteiger partial charge is 0.385 e. The number of ether oxygens (including phenoxy) is 1. The molecule has 0 saturated heterocycles. The minimum atomic E-state index is 0.0195. The van der Waals surface area contributed by atoms with Gasteiger partial charge >= 0.3 is 0 Å². The number of benzene rings is 2. The number of rotatable bonds is 6. The molecule has 2 aromatic carbocycles. The highest BCUT2D eigenvalue weighted by Gasteiger charge is 2.42. The van der Waals surface area contributed by atoms with Crippen LogP contribution in [0.3, 0.4) is 0 Å². The average Bonchev–Trinajstić information content (AvgIpc) is 2.54. The molecule has 0 unspecified atom stereocenters. The van der Waals surface area contributed by atoms with Crippen LogP contribution in [0.5, 0.6) is 0 Å². The van der Waals surface area contributed by atoms with Crippen LogP contribution in [0.25, 0.3) is 0 Å². The first-order chi connectivity index (χ1) is 10.0. The summed E-state index contributed by atoms with van der Waals surface area (Å²) < 4.78 is 5.39. The van der Waals surface area contributed by atoms with Gasteiger partial charge in [-0.1, -0.05) is 81.4 Å². The Labute approximate surface area is 129 Å². The summed E-state index contributed by atoms with van der Waals surface area (Å²) in [5.74, 6) is 0. The SMILES string of the molecule is COCC[C@](C)(c1ccccc1)C(C)(C)c1ccccc1. The zero-order chi connectivity index (χ0) is 15.3. The fourth-order valence-electron chi connectivity index (χ4n) is 3.10. The molecule has 0 spiro atoms. The van der Waals surface area contributed by atoms with E-state index in [1.807, 2.05) is 0 Å². The first kappa shape index (κ1) is 15.8. The lowest BCUT2D eigenvalue weighted by Crippen LogP contribution is -2.43. The van der Waals surface area contributed by atoms with E-state index in [9.17, 15) is 0 Å². The third-order valence-electron chi connectivity index (χ3n) is 5.09. The van der Waals surface area contributed by atoms with Gasteiger partial charge in [0.25, 0.3) is 0 Å². The third-order valence-corrected chi connectivity index (χ3v) is 5.09. The molecule has 0 heterocycles. The van der Waals surface area contributed by atoms with Crippen LogP contribution in [-0.4, -0.2) is 13.7 Å². The molecule has 2 aromatic rings. The number of hydrogen-bond donors (Lipinski definition) is 0. The lowest BCUT2D eigenvalue weighted by Gasteiger charge is -2.45. The molecule has 0 aliphatic rings. The molecule has 0 aliphatic carbocycles. The Morgan fingerprint density at radius 2 is 1.24 bits per heavy atom. The van der Waals surface area contributed by atoms with E-state index in [1.54, 1.807) is 7.11 Å². The van der Waals surface area contributed by atoms with Gasteiger partial charge in [0, 0.05) is 19.1 Å². The zero-order valence-electron chi connectivity index (χ0n) is 13.6. The smallest absolute Gasteiger partial charge is 0.0470 e. The Hall–Kier alpha value is -1.60. The molecule has 0 amide bonds. The molecule has 1 heteroatoms. The van der Waals surface area contributed by atoms with E-state index in [2.05, 4.69) is 81.4 Å². The van der Waals surface area contributed by atoms with Crippen molar-refractivity contribution in [1.82, 2.24) is 0 Å². The van der Waals surface area contributed by atoms with Gasteiger partial charge in [0.15, 0.2) is 0 Å². The second-order valence-corrected chi connectivity index (χ2v) is 6.43. The summed E-state index contributed by atoms with van der Waals surface area (Å²) in [6.07, 6.45) is 0.995. The minimum Gasteiger partial charge on any atom is -0.385 e. The third kappa shape index (κ3) is 3.03. The highest BCUT2D eigenvalue weighted by molar-refractivity contribution is 5.36. The first-order valence-electron chi connectivity index (χ1n) is 7.62. The van der Waals surface area contributed by atoms with Gasteiger partial charge in [-0.15, -0.1) is 0 Å². The molecular weight excluding hydrogens is 256 g/mol. The summed E-state index contributed by atoms with van der Waals surface area (Å²) >= 11 is 0. The van der Waals surface area contributed by atoms with Crippen LogP contribution in [-0.2, 0) is 15.6 Å². The van der Waals surface area contributed by atoms with Crippen LogP contribution in [0.4, 0.5) is 0 Å². The fraction of sp³-hybridized carbons (Fsp3) is 0.400. The lowest BCUT2D eigenvalue weighted by atomic mass is 9.58. The molecule has 0 bridgehead atoms. The van der Waals surface area contributed by atoms with Gasteiger partial charge in [-0.05, 0) is 23.0 Å². The van der Waals surface area contributed by atoms with E-state index < -0.39 is 0 Å². The van der Waals surface area contributed by atoms with Gasteiger partial charge in [0.2, 0.25) is 0 Å². The summed E-state index contributed by atoms with van der Waals surface area (Å²) in [5, 5.41) is 0. The molecular formula is C20H26O. The predicted molar refractivity (Wildman–Crippen MR) is 89.8 cm³/mol. The minimum absolute atomic E-state index is 0.0195. The summed E-state index contributed by atoms with van der Waals surface area (Å²) in [7, 11) is 1.78. The molecule has 0 fully saturated rings. The van der Waals surface area contributed by atoms with Crippen molar-refractivity contribution in [3.05, 3.63) is 71.8 Å². The monoisotopic (exact) mass is 282 g/mol. The van der Waals surface area contributed by atoms with Gasteiger partial charge in [-0.25, -0.2) is 0 Å². The summed E-state index contributed by atoms with van der Waals surface area (Å²) in [6, 6.07) is 21.6. The number of hydrogen-bond acceptors (Lipinski definition) is 1. The van der Waals surface area contributed by atoms with E-state index in [1.165, 1.54) is 11.1 Å². The first-order valence-corrected chi connectivity index (χ1v) is 7.62. The molecule has 0 aromatic heterocycles. The molecule has 1 nitrogen and oxygen atoms in total. The van der Waals surface area contributed by atoms with Crippen molar-refractivity contribution < 1.29 is 4.74 Å². The normalized spacial score (nSPS) is 14.7. The number of methoxy groups -OCH3 is 1. The van der Waals surface area contributed by atoms with E-state index in [4.69, 9.17) is 4.74 Å². The maximum absolute atomic E-state index is 5.39. The van der Waals surface area contributed by atoms with Crippen LogP contribution in [0, 0.1) is 0 Å². The maximum Gasteiger partial charge on any atom is 0.0470 e. The van der Waals surface area contributed by atoms with Crippen LogP contribution in [0.2, 0.25) is 0 Å². The van der Waals surface area contributed by atoms with Gasteiger partial charge in [-0.3, -0.25) is 0 Å². The van der Waals surface area contributed by atoms with Crippen LogP contribution >= 0.6 is 0 Å². The highest BCUT2D eigenvalue weighted by Crippen LogP contribution is 2.46. The quantitative estimate of drug-likeness (QED) is 0.727. The van der Waals surface area contributed by atoms with E-state index in [-0.39, 0.29) is 10.8 Å². The van der Waals surface area contributed by atoms with E-state index in [0.29, 0.717) is 0 Å². The molecule has 0 N–H and O–H groups in total. The molecule has 0 radical (unpaired) electrons. The molecule has 2 rings (SSSR count). The zero-order valence-corrected chi connectivity index (χ0v) is 13.6. The van der Waals surface area contributed by atoms with Crippen molar-refractivity contribution in [2.75, 3.05) is 13.7 Å². The summed E-state index contributed by atoms with van der Waals surface area (Å²) in [4.78, 5) is 0. The second-order valence-electron chi connectivity index (χ2n) is 6.43. The Morgan fingerprint density at radius 1 is 0.762 bits per heavy atom. The second kappa shape index (κ2) is 6.44. The molecule has 112 valence electrons. The van der Waals surface area contributed by atoms with Crippen molar-refractivity contribution in [2.45, 2.75) is 38.0 Å². The van der Waals surface area contributed by atoms with Crippen molar-refractivity contribution in [3.8, 4) is 0 Å². The Morgan fingerprint density at radius 3 is 1.71 bits per heavy atom. The Bertz CT molecular complexity index is 545. The van der Waals surface area contributed by atoms with Gasteiger partial charge in [-0.2, -0.15) is 0 Å². The lowest BCUT2D eigenvalue weighted by molar-refractivity contribution is 0.142. The standard InChI is InChI=1S/C20H26O/c1-19(2,17-11-7-5-8-12-17)20(3,15-16-21-4)18-13-9-6-10-14-18/h5-14H,15-16H2,1-4H3/t20-/m1/s1. The molecule has 21 heavy (non-hydrogen) atoms. The van der Waals surface area contributed by atoms with Crippen molar-refractivity contribution >= 4 is 0 Å². The van der Waals surface area contributed by atoms with Gasteiger partial charge in [0.1, 0.15) is 0 Å². The van der Waals surface area contributed by atoms with Crippen molar-refractivity contribution in [3.63, 3.8) is 0 Å². The van der Waals surface area contributed by atoms with Crippen LogP contribution in [0.15, 0.2) is 60.7 Å². The highest BCUT2D eigenvalue weighted by atomic mass is 16.5. The van der Waals surface area contributed by atoms with E-state index >= 15 is 0 Å². The average molecular weight is 282 g/mol. The van der Waals surface area contributed by atoms with Crippen LogP contribution < -0.4 is 0 Å². The Kier molecular flexibility index (Phi) is 4.84. The van der Waals surface area contributed by atoms with Crippen molar-refractivity contribution in [1.29, 1.82) is 0 Å².